The summed E-state index contributed by atoms with van der Waals surface area (Å²) < 4.78 is 9.52. The second kappa shape index (κ2) is 17.8. The van der Waals surface area contributed by atoms with Crippen molar-refractivity contribution in [3.8, 4) is 0 Å². The maximum atomic E-state index is 12.6. The Morgan fingerprint density at radius 3 is 2.22 bits per heavy atom. The first-order valence-electron chi connectivity index (χ1n) is 10.6. The molecule has 1 aromatic rings. The molecule has 1 aromatic carbocycles. The van der Waals surface area contributed by atoms with Gasteiger partial charge < -0.3 is 25.8 Å². The first-order valence-corrected chi connectivity index (χ1v) is 12.0. The predicted molar refractivity (Wildman–Crippen MR) is 136 cm³/mol. The van der Waals surface area contributed by atoms with Crippen molar-refractivity contribution in [3.63, 3.8) is 0 Å². The van der Waals surface area contributed by atoms with E-state index in [0.29, 0.717) is 21.8 Å². The zero-order chi connectivity index (χ0) is 26.4. The van der Waals surface area contributed by atoms with Crippen LogP contribution in [0.25, 0.3) is 0 Å². The summed E-state index contributed by atoms with van der Waals surface area (Å²) in [5, 5.41) is 14.8. The highest BCUT2D eigenvalue weighted by atomic mass is 35.5. The molecule has 0 spiro atoms. The number of esters is 2. The van der Waals surface area contributed by atoms with Crippen molar-refractivity contribution in [3.05, 3.63) is 29.3 Å². The van der Waals surface area contributed by atoms with Crippen LogP contribution in [0.4, 0.5) is 10.5 Å². The average Bonchev–Trinajstić information content (AvgIpc) is 2.83. The lowest BCUT2D eigenvalue weighted by molar-refractivity contribution is -0.144. The zero-order valence-electron chi connectivity index (χ0n) is 19.7. The SMILES string of the molecule is CCOC(=O)CCC(N)C(=O)NC(CSC(=O)N(O)c1ccc(Cl)cc1)C(=O)NCC(=O)OCC.Cl. The molecule has 202 valence electrons. The van der Waals surface area contributed by atoms with E-state index < -0.39 is 47.6 Å². The summed E-state index contributed by atoms with van der Waals surface area (Å²) in [5.74, 6) is -3.04. The summed E-state index contributed by atoms with van der Waals surface area (Å²) >= 11 is 6.33. The molecule has 5 N–H and O–H groups in total. The Labute approximate surface area is 223 Å². The lowest BCUT2D eigenvalue weighted by atomic mass is 10.1. The number of carbonyl (C=O) groups excluding carboxylic acids is 5. The van der Waals surface area contributed by atoms with Gasteiger partial charge in [-0.3, -0.25) is 29.2 Å². The van der Waals surface area contributed by atoms with Gasteiger partial charge >= 0.3 is 17.2 Å². The number of ether oxygens (including phenoxy) is 2. The topological polar surface area (TPSA) is 177 Å². The number of halogens is 2. The molecular formula is C21H30Cl2N4O8S. The molecule has 1 rings (SSSR count). The van der Waals surface area contributed by atoms with Crippen molar-refractivity contribution < 1.29 is 38.7 Å². The van der Waals surface area contributed by atoms with Crippen LogP contribution in [0, 0.1) is 0 Å². The third-order valence-electron chi connectivity index (χ3n) is 4.26. The number of carbonyl (C=O) groups is 5. The summed E-state index contributed by atoms with van der Waals surface area (Å²) in [4.78, 5) is 60.5. The van der Waals surface area contributed by atoms with Crippen molar-refractivity contribution in [2.45, 2.75) is 38.8 Å². The summed E-state index contributed by atoms with van der Waals surface area (Å²) in [5.41, 5.74) is 5.94. The number of nitrogens with two attached hydrogens (primary N) is 1. The molecular weight excluding hydrogens is 539 g/mol. The number of thioether (sulfide) groups is 1. The lowest BCUT2D eigenvalue weighted by Gasteiger charge is -2.21. The Morgan fingerprint density at radius 1 is 1.06 bits per heavy atom. The monoisotopic (exact) mass is 568 g/mol. The van der Waals surface area contributed by atoms with Gasteiger partial charge in [0.2, 0.25) is 11.8 Å². The number of hydrogen-bond acceptors (Lipinski definition) is 10. The van der Waals surface area contributed by atoms with E-state index in [4.69, 9.17) is 26.8 Å². The molecule has 0 aromatic heterocycles. The van der Waals surface area contributed by atoms with Crippen molar-refractivity contribution in [1.29, 1.82) is 0 Å². The van der Waals surface area contributed by atoms with E-state index in [1.807, 2.05) is 0 Å². The number of anilines is 1. The van der Waals surface area contributed by atoms with Crippen molar-refractivity contribution in [1.82, 2.24) is 10.6 Å². The Bertz CT molecular complexity index is 891. The molecule has 0 bridgehead atoms. The number of hydrogen-bond donors (Lipinski definition) is 4. The lowest BCUT2D eigenvalue weighted by Crippen LogP contribution is -2.53. The molecule has 3 amide bonds. The van der Waals surface area contributed by atoms with Crippen molar-refractivity contribution in [2.24, 2.45) is 5.73 Å². The summed E-state index contributed by atoms with van der Waals surface area (Å²) in [6.45, 7) is 3.09. The fourth-order valence-corrected chi connectivity index (χ4v) is 3.39. The minimum absolute atomic E-state index is 0. The fraction of sp³-hybridized carbons (Fsp3) is 0.476. The molecule has 15 heteroatoms. The van der Waals surface area contributed by atoms with E-state index in [-0.39, 0.29) is 49.9 Å². The third kappa shape index (κ3) is 12.4. The summed E-state index contributed by atoms with van der Waals surface area (Å²) in [7, 11) is 0. The van der Waals surface area contributed by atoms with Crippen LogP contribution in [0.1, 0.15) is 26.7 Å². The smallest absolute Gasteiger partial charge is 0.325 e. The second-order valence-corrected chi connectivity index (χ2v) is 8.31. The summed E-state index contributed by atoms with van der Waals surface area (Å²) in [6, 6.07) is 3.34. The summed E-state index contributed by atoms with van der Waals surface area (Å²) in [6.07, 6.45) is -0.134. The molecule has 0 radical (unpaired) electrons. The molecule has 0 saturated heterocycles. The second-order valence-electron chi connectivity index (χ2n) is 6.90. The molecule has 12 nitrogen and oxygen atoms in total. The van der Waals surface area contributed by atoms with Gasteiger partial charge in [-0.2, -0.15) is 5.06 Å². The third-order valence-corrected chi connectivity index (χ3v) is 5.44. The van der Waals surface area contributed by atoms with Crippen LogP contribution >= 0.6 is 35.8 Å². The number of nitrogens with zero attached hydrogens (tertiary/aromatic N) is 1. The van der Waals surface area contributed by atoms with Crippen molar-refractivity contribution in [2.75, 3.05) is 30.6 Å². The molecule has 36 heavy (non-hydrogen) atoms. The predicted octanol–water partition coefficient (Wildman–Crippen LogP) is 1.65. The highest BCUT2D eigenvalue weighted by molar-refractivity contribution is 8.13. The number of amides is 3. The first kappa shape index (κ1) is 33.4. The molecule has 2 atom stereocenters. The Kier molecular flexibility index (Phi) is 16.5. The van der Waals surface area contributed by atoms with Gasteiger partial charge in [-0.1, -0.05) is 23.4 Å². The molecule has 2 unspecified atom stereocenters. The maximum absolute atomic E-state index is 12.6. The van der Waals surface area contributed by atoms with E-state index in [2.05, 4.69) is 10.6 Å². The molecule has 0 aliphatic heterocycles. The average molecular weight is 569 g/mol. The Morgan fingerprint density at radius 2 is 1.64 bits per heavy atom. The Hall–Kier alpha value is -2.58. The highest BCUT2D eigenvalue weighted by Crippen LogP contribution is 2.20. The number of benzene rings is 1. The van der Waals surface area contributed by atoms with Gasteiger partial charge in [-0.25, -0.2) is 0 Å². The van der Waals surface area contributed by atoms with E-state index >= 15 is 0 Å². The van der Waals surface area contributed by atoms with Crippen LogP contribution in [-0.2, 0) is 28.7 Å². The number of rotatable bonds is 13. The molecule has 0 fully saturated rings. The number of nitrogens with one attached hydrogen (secondary N) is 2. The zero-order valence-corrected chi connectivity index (χ0v) is 22.1. The van der Waals surface area contributed by atoms with Crippen LogP contribution in [0.15, 0.2) is 24.3 Å². The van der Waals surface area contributed by atoms with E-state index in [9.17, 15) is 29.2 Å². The van der Waals surface area contributed by atoms with Gasteiger partial charge in [0.05, 0.1) is 24.9 Å². The van der Waals surface area contributed by atoms with Crippen LogP contribution in [-0.4, -0.2) is 71.8 Å². The minimum Gasteiger partial charge on any atom is -0.466 e. The van der Waals surface area contributed by atoms with E-state index in [0.717, 1.165) is 0 Å². The molecule has 0 heterocycles. The molecule has 0 aliphatic carbocycles. The van der Waals surface area contributed by atoms with Crippen LogP contribution in [0.3, 0.4) is 0 Å². The van der Waals surface area contributed by atoms with Gasteiger partial charge in [-0.15, -0.1) is 12.4 Å². The quantitative estimate of drug-likeness (QED) is 0.155. The molecule has 0 saturated carbocycles. The van der Waals surface area contributed by atoms with Crippen LogP contribution < -0.4 is 21.4 Å². The van der Waals surface area contributed by atoms with Gasteiger partial charge in [0.1, 0.15) is 12.6 Å². The van der Waals surface area contributed by atoms with Gasteiger partial charge in [-0.05, 0) is 44.5 Å². The Balaban J connectivity index is 0.0000122. The van der Waals surface area contributed by atoms with E-state index in [1.165, 1.54) is 24.3 Å². The van der Waals surface area contributed by atoms with Crippen LogP contribution in [0.5, 0.6) is 0 Å². The minimum atomic E-state index is -1.29. The normalized spacial score (nSPS) is 11.8. The largest absolute Gasteiger partial charge is 0.466 e. The molecule has 0 aliphatic rings. The van der Waals surface area contributed by atoms with E-state index in [1.54, 1.807) is 13.8 Å². The number of hydroxylamine groups is 1. The van der Waals surface area contributed by atoms with Crippen LogP contribution in [0.2, 0.25) is 5.02 Å². The maximum Gasteiger partial charge on any atom is 0.325 e. The standard InChI is InChI=1S/C21H29ClN4O8S.ClH/c1-3-33-17(27)10-9-15(23)19(29)25-16(20(30)24-11-18(28)34-4-2)12-35-21(31)26(32)14-7-5-13(22)6-8-14;/h5-8,15-16,32H,3-4,9-12,23H2,1-2H3,(H,24,30)(H,25,29);1H. The fourth-order valence-electron chi connectivity index (χ4n) is 2.50. The first-order chi connectivity index (χ1) is 16.6. The van der Waals surface area contributed by atoms with Gasteiger partial charge in [0.15, 0.2) is 0 Å². The van der Waals surface area contributed by atoms with Gasteiger partial charge in [0.25, 0.3) is 0 Å². The van der Waals surface area contributed by atoms with Crippen molar-refractivity contribution >= 4 is 70.4 Å². The highest BCUT2D eigenvalue weighted by Gasteiger charge is 2.27. The van der Waals surface area contributed by atoms with Gasteiger partial charge in [0, 0.05) is 17.2 Å².